The minimum Gasteiger partial charge on any atom is -0.496 e. The molecule has 1 unspecified atom stereocenters. The minimum atomic E-state index is 0.00864. The van der Waals surface area contributed by atoms with Gasteiger partial charge < -0.3 is 15.8 Å². The molecule has 0 aliphatic heterocycles. The summed E-state index contributed by atoms with van der Waals surface area (Å²) >= 11 is 3.40. The van der Waals surface area contributed by atoms with Gasteiger partial charge in [-0.05, 0) is 31.5 Å². The third-order valence-electron chi connectivity index (χ3n) is 2.55. The van der Waals surface area contributed by atoms with Gasteiger partial charge in [-0.2, -0.15) is 0 Å². The highest BCUT2D eigenvalue weighted by Crippen LogP contribution is 2.22. The number of rotatable bonds is 6. The number of hydrogen-bond donors (Lipinski definition) is 2. The first-order valence-electron chi connectivity index (χ1n) is 5.87. The Kier molecular flexibility index (Phi) is 6.15. The lowest BCUT2D eigenvalue weighted by Gasteiger charge is -2.11. The summed E-state index contributed by atoms with van der Waals surface area (Å²) in [4.78, 5) is 11.6. The maximum Gasteiger partial charge on any atom is 0.220 e. The van der Waals surface area contributed by atoms with Crippen LogP contribution in [0, 0.1) is 0 Å². The maximum atomic E-state index is 11.6. The van der Waals surface area contributed by atoms with E-state index in [1.807, 2.05) is 25.1 Å². The summed E-state index contributed by atoms with van der Waals surface area (Å²) < 4.78 is 6.20. The largest absolute Gasteiger partial charge is 0.496 e. The minimum absolute atomic E-state index is 0.00864. The molecule has 0 spiro atoms. The Balaban J connectivity index is 2.52. The number of amides is 1. The second-order valence-corrected chi connectivity index (χ2v) is 5.16. The second kappa shape index (κ2) is 7.38. The molecule has 3 N–H and O–H groups in total. The molecule has 1 rings (SSSR count). The first-order valence-corrected chi connectivity index (χ1v) is 6.67. The van der Waals surface area contributed by atoms with Gasteiger partial charge in [-0.1, -0.05) is 15.9 Å². The average Bonchev–Trinajstić information content (AvgIpc) is 2.34. The van der Waals surface area contributed by atoms with Gasteiger partial charge in [0.1, 0.15) is 5.75 Å². The number of halogens is 1. The molecular formula is C13H19BrN2O2. The van der Waals surface area contributed by atoms with E-state index < -0.39 is 0 Å². The van der Waals surface area contributed by atoms with Crippen molar-refractivity contribution in [2.45, 2.75) is 32.4 Å². The average molecular weight is 315 g/mol. The molecule has 1 aromatic rings. The number of benzene rings is 1. The highest BCUT2D eigenvalue weighted by molar-refractivity contribution is 9.10. The molecule has 1 atom stereocenters. The molecule has 0 bridgehead atoms. The van der Waals surface area contributed by atoms with Gasteiger partial charge in [0.15, 0.2) is 0 Å². The van der Waals surface area contributed by atoms with E-state index in [-0.39, 0.29) is 11.9 Å². The van der Waals surface area contributed by atoms with Gasteiger partial charge >= 0.3 is 0 Å². The molecule has 1 aromatic carbocycles. The fourth-order valence-electron chi connectivity index (χ4n) is 1.53. The zero-order valence-electron chi connectivity index (χ0n) is 10.7. The van der Waals surface area contributed by atoms with Crippen molar-refractivity contribution >= 4 is 21.8 Å². The van der Waals surface area contributed by atoms with Crippen molar-refractivity contribution in [3.8, 4) is 5.75 Å². The molecule has 100 valence electrons. The van der Waals surface area contributed by atoms with Crippen molar-refractivity contribution in [2.75, 3.05) is 7.11 Å². The van der Waals surface area contributed by atoms with Crippen LogP contribution in [0.1, 0.15) is 25.3 Å². The molecule has 0 aliphatic carbocycles. The Morgan fingerprint density at radius 2 is 2.28 bits per heavy atom. The monoisotopic (exact) mass is 314 g/mol. The molecule has 0 fully saturated rings. The number of hydrogen-bond acceptors (Lipinski definition) is 3. The predicted molar refractivity (Wildman–Crippen MR) is 75.4 cm³/mol. The third-order valence-corrected chi connectivity index (χ3v) is 3.04. The maximum absolute atomic E-state index is 11.6. The molecule has 0 saturated heterocycles. The van der Waals surface area contributed by atoms with Crippen molar-refractivity contribution < 1.29 is 9.53 Å². The Labute approximate surface area is 116 Å². The summed E-state index contributed by atoms with van der Waals surface area (Å²) in [6, 6.07) is 5.76. The highest BCUT2D eigenvalue weighted by atomic mass is 79.9. The van der Waals surface area contributed by atoms with Crippen molar-refractivity contribution in [2.24, 2.45) is 5.73 Å². The number of carbonyl (C=O) groups excluding carboxylic acids is 1. The number of nitrogens with two attached hydrogens (primary N) is 1. The smallest absolute Gasteiger partial charge is 0.220 e. The predicted octanol–water partition coefficient (Wildman–Crippen LogP) is 2.20. The molecule has 0 aliphatic rings. The van der Waals surface area contributed by atoms with Crippen molar-refractivity contribution in [1.82, 2.24) is 5.32 Å². The van der Waals surface area contributed by atoms with Crippen LogP contribution >= 0.6 is 15.9 Å². The number of nitrogens with one attached hydrogen (secondary N) is 1. The van der Waals surface area contributed by atoms with Gasteiger partial charge in [-0.15, -0.1) is 0 Å². The lowest BCUT2D eigenvalue weighted by atomic mass is 10.1. The van der Waals surface area contributed by atoms with Crippen LogP contribution in [0.15, 0.2) is 22.7 Å². The summed E-state index contributed by atoms with van der Waals surface area (Å²) in [6.07, 6.45) is 1.15. The fraction of sp³-hybridized carbons (Fsp3) is 0.462. The van der Waals surface area contributed by atoms with Crippen molar-refractivity contribution in [1.29, 1.82) is 0 Å². The number of carbonyl (C=O) groups is 1. The number of ether oxygens (including phenoxy) is 1. The summed E-state index contributed by atoms with van der Waals surface area (Å²) in [5.41, 5.74) is 6.55. The van der Waals surface area contributed by atoms with Crippen LogP contribution < -0.4 is 15.8 Å². The molecule has 18 heavy (non-hydrogen) atoms. The van der Waals surface area contributed by atoms with Gasteiger partial charge in [0.25, 0.3) is 0 Å². The van der Waals surface area contributed by atoms with E-state index >= 15 is 0 Å². The van der Waals surface area contributed by atoms with E-state index in [9.17, 15) is 4.79 Å². The van der Waals surface area contributed by atoms with E-state index in [0.717, 1.165) is 15.8 Å². The van der Waals surface area contributed by atoms with Gasteiger partial charge in [0, 0.05) is 29.0 Å². The van der Waals surface area contributed by atoms with E-state index in [0.29, 0.717) is 19.4 Å². The summed E-state index contributed by atoms with van der Waals surface area (Å²) in [5, 5.41) is 2.86. The Hall–Kier alpha value is -1.07. The van der Waals surface area contributed by atoms with Gasteiger partial charge in [-0.25, -0.2) is 0 Å². The van der Waals surface area contributed by atoms with E-state index in [4.69, 9.17) is 10.5 Å². The van der Waals surface area contributed by atoms with Crippen molar-refractivity contribution in [3.05, 3.63) is 28.2 Å². The summed E-state index contributed by atoms with van der Waals surface area (Å²) in [5.74, 6) is 0.778. The van der Waals surface area contributed by atoms with Gasteiger partial charge in [-0.3, -0.25) is 4.79 Å². The topological polar surface area (TPSA) is 64.3 Å². The van der Waals surface area contributed by atoms with Gasteiger partial charge in [0.05, 0.1) is 7.11 Å². The molecule has 0 radical (unpaired) electrons. The molecule has 0 saturated carbocycles. The lowest BCUT2D eigenvalue weighted by molar-refractivity contribution is -0.121. The second-order valence-electron chi connectivity index (χ2n) is 4.25. The Morgan fingerprint density at radius 3 is 2.89 bits per heavy atom. The first-order chi connectivity index (χ1) is 8.52. The van der Waals surface area contributed by atoms with E-state index in [2.05, 4.69) is 21.2 Å². The molecule has 4 nitrogen and oxygen atoms in total. The summed E-state index contributed by atoms with van der Waals surface area (Å²) in [7, 11) is 1.62. The van der Waals surface area contributed by atoms with Crippen LogP contribution in [0.4, 0.5) is 0 Å². The molecular weight excluding hydrogens is 296 g/mol. The number of methoxy groups -OCH3 is 1. The SMILES string of the molecule is COc1ccc(Br)cc1CNC(=O)CCC(C)N. The molecule has 0 aromatic heterocycles. The van der Waals surface area contributed by atoms with Crippen LogP contribution in [-0.2, 0) is 11.3 Å². The Bertz CT molecular complexity index is 408. The van der Waals surface area contributed by atoms with E-state index in [1.54, 1.807) is 7.11 Å². The third kappa shape index (κ3) is 5.06. The molecule has 1 amide bonds. The van der Waals surface area contributed by atoms with Gasteiger partial charge in [0.2, 0.25) is 5.91 Å². The normalized spacial score (nSPS) is 12.0. The van der Waals surface area contributed by atoms with E-state index in [1.165, 1.54) is 0 Å². The van der Waals surface area contributed by atoms with Crippen LogP contribution in [-0.4, -0.2) is 19.1 Å². The summed E-state index contributed by atoms with van der Waals surface area (Å²) in [6.45, 7) is 2.35. The lowest BCUT2D eigenvalue weighted by Crippen LogP contribution is -2.25. The van der Waals surface area contributed by atoms with Crippen LogP contribution in [0.25, 0.3) is 0 Å². The molecule has 0 heterocycles. The highest BCUT2D eigenvalue weighted by Gasteiger charge is 2.07. The molecule has 5 heteroatoms. The standard InChI is InChI=1S/C13H19BrN2O2/c1-9(15)3-6-13(17)16-8-10-7-11(14)4-5-12(10)18-2/h4-5,7,9H,3,6,8,15H2,1-2H3,(H,16,17). The van der Waals surface area contributed by atoms with Crippen molar-refractivity contribution in [3.63, 3.8) is 0 Å². The van der Waals surface area contributed by atoms with Crippen LogP contribution in [0.5, 0.6) is 5.75 Å². The zero-order valence-corrected chi connectivity index (χ0v) is 12.3. The quantitative estimate of drug-likeness (QED) is 0.846. The first kappa shape index (κ1) is 15.0. The fourth-order valence-corrected chi connectivity index (χ4v) is 1.93. The zero-order chi connectivity index (χ0) is 13.5. The van der Waals surface area contributed by atoms with Crippen LogP contribution in [0.3, 0.4) is 0 Å². The van der Waals surface area contributed by atoms with Crippen LogP contribution in [0.2, 0.25) is 0 Å². The Morgan fingerprint density at radius 1 is 1.56 bits per heavy atom.